The fourth-order valence-corrected chi connectivity index (χ4v) is 2.56. The van der Waals surface area contributed by atoms with E-state index in [0.29, 0.717) is 6.42 Å². The third-order valence-corrected chi connectivity index (χ3v) is 3.58. The molecule has 4 heteroatoms. The molecule has 0 spiro atoms. The second kappa shape index (κ2) is 4.53. The van der Waals surface area contributed by atoms with Crippen molar-refractivity contribution in [1.82, 2.24) is 9.78 Å². The van der Waals surface area contributed by atoms with E-state index in [1.54, 1.807) is 4.68 Å². The minimum Gasteiger partial charge on any atom is -0.384 e. The molecule has 1 aliphatic heterocycles. The van der Waals surface area contributed by atoms with Crippen LogP contribution in [0.2, 0.25) is 0 Å². The van der Waals surface area contributed by atoms with Gasteiger partial charge in [0.1, 0.15) is 0 Å². The Morgan fingerprint density at radius 2 is 2.26 bits per heavy atom. The highest BCUT2D eigenvalue weighted by Crippen LogP contribution is 2.23. The summed E-state index contributed by atoms with van der Waals surface area (Å²) in [6, 6.07) is 7.91. The Morgan fingerprint density at radius 1 is 1.42 bits per heavy atom. The average Bonchev–Trinajstić information content (AvgIpc) is 2.95. The summed E-state index contributed by atoms with van der Waals surface area (Å²) in [6.45, 7) is 2.90. The first-order chi connectivity index (χ1) is 9.13. The fraction of sp³-hybridized carbons (Fsp3) is 0.333. The maximum absolute atomic E-state index is 12.3. The summed E-state index contributed by atoms with van der Waals surface area (Å²) in [6.07, 6.45) is 1.45. The van der Waals surface area contributed by atoms with Gasteiger partial charge in [-0.05, 0) is 31.0 Å². The quantitative estimate of drug-likeness (QED) is 0.855. The van der Waals surface area contributed by atoms with Gasteiger partial charge >= 0.3 is 0 Å². The smallest absolute Gasteiger partial charge is 0.168 e. The Balaban J connectivity index is 1.82. The summed E-state index contributed by atoms with van der Waals surface area (Å²) in [5.74, 6) is 0.138. The highest BCUT2D eigenvalue weighted by Gasteiger charge is 2.15. The summed E-state index contributed by atoms with van der Waals surface area (Å²) < 4.78 is 1.78. The molecule has 4 nitrogen and oxygen atoms in total. The van der Waals surface area contributed by atoms with E-state index >= 15 is 0 Å². The molecule has 2 aromatic rings. The van der Waals surface area contributed by atoms with E-state index < -0.39 is 0 Å². The van der Waals surface area contributed by atoms with Crippen LogP contribution in [0.1, 0.15) is 27.3 Å². The molecule has 0 amide bonds. The molecular weight excluding hydrogens is 238 g/mol. The van der Waals surface area contributed by atoms with Crippen molar-refractivity contribution in [1.29, 1.82) is 0 Å². The fourth-order valence-electron chi connectivity index (χ4n) is 2.56. The number of rotatable bonds is 3. The number of Topliss-reactive ketones (excluding diaryl/α,β-unsaturated/α-hetero) is 1. The zero-order valence-electron chi connectivity index (χ0n) is 11.2. The van der Waals surface area contributed by atoms with Crippen LogP contribution in [0.5, 0.6) is 0 Å². The SMILES string of the molecule is Cc1cc(CC(=O)c2ccc3c(c2)NCC3)n(C)n1. The lowest BCUT2D eigenvalue weighted by Gasteiger charge is -2.05. The highest BCUT2D eigenvalue weighted by atomic mass is 16.1. The minimum absolute atomic E-state index is 0.138. The Morgan fingerprint density at radius 3 is 3.00 bits per heavy atom. The lowest BCUT2D eigenvalue weighted by molar-refractivity contribution is 0.0991. The van der Waals surface area contributed by atoms with Gasteiger partial charge in [0.05, 0.1) is 12.1 Å². The molecule has 1 aliphatic rings. The molecule has 0 bridgehead atoms. The van der Waals surface area contributed by atoms with Crippen LogP contribution in [-0.4, -0.2) is 22.1 Å². The molecule has 0 radical (unpaired) electrons. The molecule has 0 unspecified atom stereocenters. The molecule has 0 fully saturated rings. The first-order valence-electron chi connectivity index (χ1n) is 6.53. The predicted octanol–water partition coefficient (Wildman–Crippen LogP) is 2.12. The van der Waals surface area contributed by atoms with Crippen molar-refractivity contribution in [3.05, 3.63) is 46.8 Å². The molecule has 1 aromatic heterocycles. The molecule has 0 atom stereocenters. The number of fused-ring (bicyclic) bond motifs is 1. The van der Waals surface area contributed by atoms with Gasteiger partial charge in [-0.3, -0.25) is 9.48 Å². The van der Waals surface area contributed by atoms with E-state index in [0.717, 1.165) is 35.6 Å². The topological polar surface area (TPSA) is 46.9 Å². The largest absolute Gasteiger partial charge is 0.384 e. The van der Waals surface area contributed by atoms with Crippen LogP contribution < -0.4 is 5.32 Å². The monoisotopic (exact) mass is 255 g/mol. The van der Waals surface area contributed by atoms with Crippen molar-refractivity contribution in [2.24, 2.45) is 7.05 Å². The molecule has 0 aliphatic carbocycles. The number of aromatic nitrogens is 2. The number of carbonyl (C=O) groups excluding carboxylic acids is 1. The van der Waals surface area contributed by atoms with Gasteiger partial charge < -0.3 is 5.32 Å². The summed E-state index contributed by atoms with van der Waals surface area (Å²) in [4.78, 5) is 12.3. The van der Waals surface area contributed by atoms with E-state index in [1.165, 1.54) is 5.56 Å². The summed E-state index contributed by atoms with van der Waals surface area (Å²) >= 11 is 0. The maximum atomic E-state index is 12.3. The van der Waals surface area contributed by atoms with Crippen molar-refractivity contribution in [2.45, 2.75) is 19.8 Å². The van der Waals surface area contributed by atoms with Crippen molar-refractivity contribution in [2.75, 3.05) is 11.9 Å². The number of carbonyl (C=O) groups is 1. The van der Waals surface area contributed by atoms with Crippen LogP contribution in [-0.2, 0) is 19.9 Å². The number of hydrogen-bond acceptors (Lipinski definition) is 3. The van der Waals surface area contributed by atoms with Crippen molar-refractivity contribution in [3.63, 3.8) is 0 Å². The van der Waals surface area contributed by atoms with Crippen LogP contribution in [0, 0.1) is 6.92 Å². The lowest BCUT2D eigenvalue weighted by atomic mass is 10.0. The van der Waals surface area contributed by atoms with E-state index in [-0.39, 0.29) is 5.78 Å². The third-order valence-electron chi connectivity index (χ3n) is 3.58. The van der Waals surface area contributed by atoms with Crippen molar-refractivity contribution >= 4 is 11.5 Å². The number of aryl methyl sites for hydroxylation is 2. The van der Waals surface area contributed by atoms with Crippen LogP contribution in [0.25, 0.3) is 0 Å². The zero-order valence-corrected chi connectivity index (χ0v) is 11.2. The van der Waals surface area contributed by atoms with Crippen LogP contribution in [0.3, 0.4) is 0 Å². The predicted molar refractivity (Wildman–Crippen MR) is 74.6 cm³/mol. The average molecular weight is 255 g/mol. The van der Waals surface area contributed by atoms with Crippen LogP contribution in [0.4, 0.5) is 5.69 Å². The van der Waals surface area contributed by atoms with E-state index in [9.17, 15) is 4.79 Å². The van der Waals surface area contributed by atoms with Gasteiger partial charge in [0.15, 0.2) is 5.78 Å². The summed E-state index contributed by atoms with van der Waals surface area (Å²) in [5.41, 5.74) is 5.07. The van der Waals surface area contributed by atoms with Gasteiger partial charge in [0, 0.05) is 30.5 Å². The number of ketones is 1. The van der Waals surface area contributed by atoms with E-state index in [4.69, 9.17) is 0 Å². The van der Waals surface area contributed by atoms with Gasteiger partial charge in [-0.15, -0.1) is 0 Å². The highest BCUT2D eigenvalue weighted by molar-refractivity contribution is 5.98. The Labute approximate surface area is 112 Å². The summed E-state index contributed by atoms with van der Waals surface area (Å²) in [5, 5.41) is 7.57. The molecule has 19 heavy (non-hydrogen) atoms. The standard InChI is InChI=1S/C15H17N3O/c1-10-7-13(18(2)17-10)9-15(19)12-4-3-11-5-6-16-14(11)8-12/h3-4,7-8,16H,5-6,9H2,1-2H3. The molecule has 0 saturated carbocycles. The van der Waals surface area contributed by atoms with Gasteiger partial charge in [-0.25, -0.2) is 0 Å². The number of nitrogens with one attached hydrogen (secondary N) is 1. The zero-order chi connectivity index (χ0) is 13.4. The Hall–Kier alpha value is -2.10. The summed E-state index contributed by atoms with van der Waals surface area (Å²) in [7, 11) is 1.87. The van der Waals surface area contributed by atoms with Gasteiger partial charge in [0.25, 0.3) is 0 Å². The number of benzene rings is 1. The first kappa shape index (κ1) is 12.0. The van der Waals surface area contributed by atoms with Crippen LogP contribution in [0.15, 0.2) is 24.3 Å². The van der Waals surface area contributed by atoms with Crippen LogP contribution >= 0.6 is 0 Å². The Kier molecular flexibility index (Phi) is 2.85. The first-order valence-corrected chi connectivity index (χ1v) is 6.53. The molecule has 1 aromatic carbocycles. The van der Waals surface area contributed by atoms with Crippen molar-refractivity contribution < 1.29 is 4.79 Å². The van der Waals surface area contributed by atoms with Gasteiger partial charge in [-0.2, -0.15) is 5.10 Å². The molecule has 2 heterocycles. The van der Waals surface area contributed by atoms with Gasteiger partial charge in [0.2, 0.25) is 0 Å². The number of hydrogen-bond donors (Lipinski definition) is 1. The number of anilines is 1. The maximum Gasteiger partial charge on any atom is 0.168 e. The van der Waals surface area contributed by atoms with Crippen molar-refractivity contribution in [3.8, 4) is 0 Å². The van der Waals surface area contributed by atoms with E-state index in [2.05, 4.69) is 16.5 Å². The second-order valence-electron chi connectivity index (χ2n) is 5.05. The number of nitrogens with zero attached hydrogens (tertiary/aromatic N) is 2. The van der Waals surface area contributed by atoms with Gasteiger partial charge in [-0.1, -0.05) is 12.1 Å². The molecule has 98 valence electrons. The molecule has 3 rings (SSSR count). The normalized spacial score (nSPS) is 13.2. The minimum atomic E-state index is 0.138. The molecule has 0 saturated heterocycles. The molecular formula is C15H17N3O. The lowest BCUT2D eigenvalue weighted by Crippen LogP contribution is -2.08. The molecule has 1 N–H and O–H groups in total. The Bertz CT molecular complexity index is 643. The van der Waals surface area contributed by atoms with E-state index in [1.807, 2.05) is 32.2 Å². The third kappa shape index (κ3) is 2.26. The second-order valence-corrected chi connectivity index (χ2v) is 5.05.